The second kappa shape index (κ2) is 7.79. The van der Waals surface area contributed by atoms with Crippen LogP contribution in [0.4, 0.5) is 0 Å². The van der Waals surface area contributed by atoms with Gasteiger partial charge < -0.3 is 4.42 Å². The van der Waals surface area contributed by atoms with Crippen LogP contribution < -0.4 is 4.72 Å². The molecule has 7 heteroatoms. The smallest absolute Gasteiger partial charge is 0.279 e. The van der Waals surface area contributed by atoms with E-state index in [0.717, 1.165) is 57.4 Å². The van der Waals surface area contributed by atoms with Crippen LogP contribution in [0.5, 0.6) is 0 Å². The Bertz CT molecular complexity index is 559. The molecule has 1 N–H and O–H groups in total. The Morgan fingerprint density at radius 2 is 1.70 bits per heavy atom. The lowest BCUT2D eigenvalue weighted by Gasteiger charge is -2.27. The average Bonchev–Trinajstić information content (AvgIpc) is 3.17. The zero-order chi connectivity index (χ0) is 16.1. The molecule has 0 aliphatic carbocycles. The van der Waals surface area contributed by atoms with Crippen LogP contribution in [0.25, 0.3) is 0 Å². The molecule has 0 saturated carbocycles. The van der Waals surface area contributed by atoms with Gasteiger partial charge in [0.15, 0.2) is 0 Å². The largest absolute Gasteiger partial charge is 0.468 e. The molecule has 3 heterocycles. The lowest BCUT2D eigenvalue weighted by atomic mass is 10.2. The molecule has 0 unspecified atom stereocenters. The van der Waals surface area contributed by atoms with E-state index < -0.39 is 10.2 Å². The Kier molecular flexibility index (Phi) is 5.74. The molecule has 1 aromatic rings. The lowest BCUT2D eigenvalue weighted by molar-refractivity contribution is 0.215. The summed E-state index contributed by atoms with van der Waals surface area (Å²) in [5.74, 6) is 0.838. The number of hydrogen-bond acceptors (Lipinski definition) is 4. The van der Waals surface area contributed by atoms with E-state index in [-0.39, 0.29) is 6.04 Å². The van der Waals surface area contributed by atoms with Gasteiger partial charge in [0.2, 0.25) is 0 Å². The average molecular weight is 341 g/mol. The summed E-state index contributed by atoms with van der Waals surface area (Å²) in [5.41, 5.74) is 0. The van der Waals surface area contributed by atoms with Crippen LogP contribution >= 0.6 is 0 Å². The van der Waals surface area contributed by atoms with Gasteiger partial charge in [-0.05, 0) is 50.9 Å². The predicted octanol–water partition coefficient (Wildman–Crippen LogP) is 2.13. The van der Waals surface area contributed by atoms with Crippen molar-refractivity contribution in [1.29, 1.82) is 0 Å². The molecule has 2 fully saturated rings. The van der Waals surface area contributed by atoms with Crippen molar-refractivity contribution in [3.63, 3.8) is 0 Å². The van der Waals surface area contributed by atoms with Gasteiger partial charge in [0.05, 0.1) is 12.3 Å². The van der Waals surface area contributed by atoms with Crippen LogP contribution in [0.3, 0.4) is 0 Å². The van der Waals surface area contributed by atoms with E-state index in [4.69, 9.17) is 4.42 Å². The van der Waals surface area contributed by atoms with E-state index in [1.54, 1.807) is 10.6 Å². The van der Waals surface area contributed by atoms with Crippen molar-refractivity contribution in [2.24, 2.45) is 0 Å². The Balaban J connectivity index is 1.65. The van der Waals surface area contributed by atoms with Crippen molar-refractivity contribution in [2.75, 3.05) is 32.7 Å². The van der Waals surface area contributed by atoms with Gasteiger partial charge in [-0.25, -0.2) is 4.72 Å². The van der Waals surface area contributed by atoms with Gasteiger partial charge in [-0.3, -0.25) is 4.90 Å². The summed E-state index contributed by atoms with van der Waals surface area (Å²) in [7, 11) is -3.41. The van der Waals surface area contributed by atoms with Gasteiger partial charge in [-0.15, -0.1) is 0 Å². The highest BCUT2D eigenvalue weighted by Gasteiger charge is 2.29. The Hall–Kier alpha value is -0.890. The molecule has 2 aliphatic rings. The van der Waals surface area contributed by atoms with Crippen molar-refractivity contribution in [3.8, 4) is 0 Å². The van der Waals surface area contributed by atoms with E-state index in [1.807, 2.05) is 12.1 Å². The molecule has 0 bridgehead atoms. The normalized spacial score (nSPS) is 23.0. The first-order chi connectivity index (χ1) is 11.2. The van der Waals surface area contributed by atoms with E-state index in [1.165, 1.54) is 0 Å². The maximum Gasteiger partial charge on any atom is 0.279 e. The SMILES string of the molecule is O=S(=O)(NC[C@H](c1ccco1)N1CCCC1)N1CCCCCC1. The van der Waals surface area contributed by atoms with Crippen LogP contribution in [0.2, 0.25) is 0 Å². The third-order valence-corrected chi connectivity index (χ3v) is 6.39. The molecular weight excluding hydrogens is 314 g/mol. The van der Waals surface area contributed by atoms with E-state index in [0.29, 0.717) is 19.6 Å². The monoisotopic (exact) mass is 341 g/mol. The molecule has 6 nitrogen and oxygen atoms in total. The Morgan fingerprint density at radius 1 is 1.04 bits per heavy atom. The molecule has 0 aromatic carbocycles. The highest BCUT2D eigenvalue weighted by atomic mass is 32.2. The molecule has 130 valence electrons. The molecule has 2 saturated heterocycles. The zero-order valence-electron chi connectivity index (χ0n) is 13.6. The van der Waals surface area contributed by atoms with Gasteiger partial charge in [0.25, 0.3) is 10.2 Å². The van der Waals surface area contributed by atoms with Crippen molar-refractivity contribution >= 4 is 10.2 Å². The van der Waals surface area contributed by atoms with Crippen LogP contribution in [-0.4, -0.2) is 50.3 Å². The molecule has 1 atom stereocenters. The van der Waals surface area contributed by atoms with Crippen LogP contribution in [0.15, 0.2) is 22.8 Å². The van der Waals surface area contributed by atoms with Crippen molar-refractivity contribution in [1.82, 2.24) is 13.9 Å². The molecule has 2 aliphatic heterocycles. The number of rotatable bonds is 6. The number of hydrogen-bond donors (Lipinski definition) is 1. The van der Waals surface area contributed by atoms with Crippen LogP contribution in [0, 0.1) is 0 Å². The fraction of sp³-hybridized carbons (Fsp3) is 0.750. The molecule has 0 spiro atoms. The van der Waals surface area contributed by atoms with E-state index >= 15 is 0 Å². The first-order valence-electron chi connectivity index (χ1n) is 8.69. The van der Waals surface area contributed by atoms with Crippen molar-refractivity contribution < 1.29 is 12.8 Å². The summed E-state index contributed by atoms with van der Waals surface area (Å²) < 4.78 is 35.2. The molecule has 3 rings (SSSR count). The first kappa shape index (κ1) is 17.0. The molecule has 1 aromatic heterocycles. The Morgan fingerprint density at radius 3 is 2.30 bits per heavy atom. The fourth-order valence-electron chi connectivity index (χ4n) is 3.50. The summed E-state index contributed by atoms with van der Waals surface area (Å²) in [6.45, 7) is 3.62. The van der Waals surface area contributed by atoms with Gasteiger partial charge >= 0.3 is 0 Å². The summed E-state index contributed by atoms with van der Waals surface area (Å²) >= 11 is 0. The minimum atomic E-state index is -3.41. The molecule has 0 amide bonds. The number of nitrogens with zero attached hydrogens (tertiary/aromatic N) is 2. The maximum absolute atomic E-state index is 12.6. The van der Waals surface area contributed by atoms with Gasteiger partial charge in [-0.1, -0.05) is 12.8 Å². The second-order valence-corrected chi connectivity index (χ2v) is 8.20. The maximum atomic E-state index is 12.6. The van der Waals surface area contributed by atoms with Crippen molar-refractivity contribution in [2.45, 2.75) is 44.6 Å². The molecule has 23 heavy (non-hydrogen) atoms. The predicted molar refractivity (Wildman–Crippen MR) is 89.2 cm³/mol. The third-order valence-electron chi connectivity index (χ3n) is 4.82. The topological polar surface area (TPSA) is 65.8 Å². The minimum absolute atomic E-state index is 0.0192. The van der Waals surface area contributed by atoms with Gasteiger partial charge in [-0.2, -0.15) is 12.7 Å². The second-order valence-electron chi connectivity index (χ2n) is 6.44. The minimum Gasteiger partial charge on any atom is -0.468 e. The fourth-order valence-corrected chi connectivity index (χ4v) is 4.79. The van der Waals surface area contributed by atoms with E-state index in [2.05, 4.69) is 9.62 Å². The zero-order valence-corrected chi connectivity index (χ0v) is 14.4. The van der Waals surface area contributed by atoms with Gasteiger partial charge in [0, 0.05) is 19.6 Å². The summed E-state index contributed by atoms with van der Waals surface area (Å²) in [4.78, 5) is 2.31. The highest BCUT2D eigenvalue weighted by Crippen LogP contribution is 2.25. The Labute approximate surface area is 139 Å². The summed E-state index contributed by atoms with van der Waals surface area (Å²) in [6.07, 6.45) is 8.13. The quantitative estimate of drug-likeness (QED) is 0.861. The highest BCUT2D eigenvalue weighted by molar-refractivity contribution is 7.87. The van der Waals surface area contributed by atoms with Crippen LogP contribution in [-0.2, 0) is 10.2 Å². The summed E-state index contributed by atoms with van der Waals surface area (Å²) in [6, 6.07) is 3.78. The number of furan rings is 1. The van der Waals surface area contributed by atoms with E-state index in [9.17, 15) is 8.42 Å². The lowest BCUT2D eigenvalue weighted by Crippen LogP contribution is -2.44. The first-order valence-corrected chi connectivity index (χ1v) is 10.1. The summed E-state index contributed by atoms with van der Waals surface area (Å²) in [5, 5.41) is 0. The molecular formula is C16H27N3O3S. The van der Waals surface area contributed by atoms with Gasteiger partial charge in [0.1, 0.15) is 5.76 Å². The van der Waals surface area contributed by atoms with Crippen molar-refractivity contribution in [3.05, 3.63) is 24.2 Å². The number of likely N-dealkylation sites (tertiary alicyclic amines) is 1. The molecule has 0 radical (unpaired) electrons. The third kappa shape index (κ3) is 4.35. The standard InChI is InChI=1S/C16H27N3O3S/c20-23(21,19-11-3-1-2-4-12-19)17-14-15(16-8-7-13-22-16)18-9-5-6-10-18/h7-8,13,15,17H,1-6,9-12,14H2/t15-/m1/s1. The van der Waals surface area contributed by atoms with Crippen LogP contribution in [0.1, 0.15) is 50.3 Å². The number of nitrogens with one attached hydrogen (secondary N) is 1.